The van der Waals surface area contributed by atoms with E-state index in [0.717, 1.165) is 24.8 Å². The van der Waals surface area contributed by atoms with E-state index < -0.39 is 6.10 Å². The summed E-state index contributed by atoms with van der Waals surface area (Å²) >= 11 is 1.49. The number of anilines is 1. The molecular weight excluding hydrogens is 410 g/mol. The number of fused-ring (bicyclic) bond motifs is 1. The van der Waals surface area contributed by atoms with Gasteiger partial charge in [-0.25, -0.2) is 4.79 Å². The molecule has 0 spiro atoms. The molecule has 1 aromatic carbocycles. The third-order valence-electron chi connectivity index (χ3n) is 5.67. The van der Waals surface area contributed by atoms with Crippen LogP contribution in [0.15, 0.2) is 24.3 Å². The number of rotatable bonds is 6. The van der Waals surface area contributed by atoms with E-state index in [-0.39, 0.29) is 23.2 Å². The van der Waals surface area contributed by atoms with Gasteiger partial charge in [-0.2, -0.15) is 0 Å². The normalized spacial score (nSPS) is 16.9. The number of hydrogen-bond donors (Lipinski definition) is 1. The molecule has 0 radical (unpaired) electrons. The lowest BCUT2D eigenvalue weighted by molar-refractivity contribution is -0.122. The number of aryl methyl sites for hydroxylation is 1. The zero-order valence-electron chi connectivity index (χ0n) is 19.3. The van der Waals surface area contributed by atoms with Crippen LogP contribution < -0.4 is 10.1 Å². The van der Waals surface area contributed by atoms with E-state index in [1.165, 1.54) is 21.8 Å². The van der Waals surface area contributed by atoms with Gasteiger partial charge in [0.05, 0.1) is 12.2 Å². The van der Waals surface area contributed by atoms with Crippen molar-refractivity contribution in [2.45, 2.75) is 78.2 Å². The Morgan fingerprint density at radius 3 is 2.52 bits per heavy atom. The molecule has 0 bridgehead atoms. The van der Waals surface area contributed by atoms with Gasteiger partial charge in [0.2, 0.25) is 0 Å². The first-order chi connectivity index (χ1) is 14.6. The molecule has 2 unspecified atom stereocenters. The summed E-state index contributed by atoms with van der Waals surface area (Å²) in [6, 6.07) is 7.82. The van der Waals surface area contributed by atoms with E-state index in [1.807, 2.05) is 24.3 Å². The lowest BCUT2D eigenvalue weighted by Crippen LogP contribution is -2.30. The molecule has 1 aliphatic rings. The van der Waals surface area contributed by atoms with Crippen LogP contribution in [0.1, 0.15) is 86.7 Å². The van der Waals surface area contributed by atoms with Crippen molar-refractivity contribution in [3.8, 4) is 5.75 Å². The summed E-state index contributed by atoms with van der Waals surface area (Å²) < 4.78 is 11.2. The van der Waals surface area contributed by atoms with Crippen molar-refractivity contribution < 1.29 is 19.1 Å². The SMILES string of the molecule is CCOC(=O)c1c(NC(=O)C(C)Oc2ccc(C(C)(C)C)cc2)sc2c1C(C)CCC2. The van der Waals surface area contributed by atoms with Gasteiger partial charge >= 0.3 is 5.97 Å². The van der Waals surface area contributed by atoms with E-state index in [9.17, 15) is 9.59 Å². The molecule has 1 heterocycles. The Labute approximate surface area is 189 Å². The van der Waals surface area contributed by atoms with Crippen LogP contribution in [0, 0.1) is 0 Å². The number of amides is 1. The summed E-state index contributed by atoms with van der Waals surface area (Å²) in [6.45, 7) is 12.4. The number of nitrogens with one attached hydrogen (secondary N) is 1. The molecule has 0 saturated carbocycles. The van der Waals surface area contributed by atoms with Crippen LogP contribution in [-0.2, 0) is 21.4 Å². The Bertz CT molecular complexity index is 940. The molecule has 0 saturated heterocycles. The van der Waals surface area contributed by atoms with Gasteiger partial charge in [-0.1, -0.05) is 39.8 Å². The molecule has 31 heavy (non-hydrogen) atoms. The molecule has 1 N–H and O–H groups in total. The summed E-state index contributed by atoms with van der Waals surface area (Å²) in [5, 5.41) is 3.51. The fraction of sp³-hybridized carbons (Fsp3) is 0.520. The van der Waals surface area contributed by atoms with Crippen molar-refractivity contribution in [3.05, 3.63) is 45.8 Å². The molecule has 3 rings (SSSR count). The molecule has 1 aromatic heterocycles. The van der Waals surface area contributed by atoms with Crippen molar-refractivity contribution in [1.29, 1.82) is 0 Å². The Kier molecular flexibility index (Phi) is 7.10. The second-order valence-electron chi connectivity index (χ2n) is 9.18. The Balaban J connectivity index is 1.77. The fourth-order valence-corrected chi connectivity index (χ4v) is 5.26. The maximum absolute atomic E-state index is 12.9. The predicted molar refractivity (Wildman–Crippen MR) is 125 cm³/mol. The van der Waals surface area contributed by atoms with Crippen molar-refractivity contribution in [1.82, 2.24) is 0 Å². The minimum atomic E-state index is -0.702. The molecule has 2 atom stereocenters. The van der Waals surface area contributed by atoms with E-state index >= 15 is 0 Å². The molecule has 0 aliphatic heterocycles. The van der Waals surface area contributed by atoms with E-state index in [0.29, 0.717) is 22.9 Å². The molecular formula is C25H33NO4S. The topological polar surface area (TPSA) is 64.6 Å². The highest BCUT2D eigenvalue weighted by Gasteiger charge is 2.31. The monoisotopic (exact) mass is 443 g/mol. The highest BCUT2D eigenvalue weighted by atomic mass is 32.1. The fourth-order valence-electron chi connectivity index (χ4n) is 3.91. The predicted octanol–water partition coefficient (Wildman–Crippen LogP) is 6.07. The molecule has 0 fully saturated rings. The van der Waals surface area contributed by atoms with Crippen molar-refractivity contribution in [2.75, 3.05) is 11.9 Å². The third kappa shape index (κ3) is 5.29. The van der Waals surface area contributed by atoms with Crippen LogP contribution in [0.3, 0.4) is 0 Å². The first-order valence-corrected chi connectivity index (χ1v) is 11.8. The average Bonchev–Trinajstić information content (AvgIpc) is 3.07. The minimum absolute atomic E-state index is 0.0560. The van der Waals surface area contributed by atoms with Gasteiger partial charge in [0, 0.05) is 4.88 Å². The van der Waals surface area contributed by atoms with Crippen molar-refractivity contribution >= 4 is 28.2 Å². The molecule has 168 valence electrons. The average molecular weight is 444 g/mol. The third-order valence-corrected chi connectivity index (χ3v) is 6.86. The molecule has 2 aromatic rings. The second-order valence-corrected chi connectivity index (χ2v) is 10.3. The number of carbonyl (C=O) groups is 2. The standard InChI is InChI=1S/C25H33NO4S/c1-7-29-24(28)21-20-15(2)9-8-10-19(20)31-23(21)26-22(27)16(3)30-18-13-11-17(12-14-18)25(4,5)6/h11-16H,7-10H2,1-6H3,(H,26,27). The van der Waals surface area contributed by atoms with Gasteiger partial charge in [-0.15, -0.1) is 11.3 Å². The van der Waals surface area contributed by atoms with Crippen LogP contribution in [-0.4, -0.2) is 24.6 Å². The lowest BCUT2D eigenvalue weighted by Gasteiger charge is -2.20. The van der Waals surface area contributed by atoms with Gasteiger partial charge in [-0.05, 0) is 67.7 Å². The summed E-state index contributed by atoms with van der Waals surface area (Å²) in [7, 11) is 0. The number of benzene rings is 1. The van der Waals surface area contributed by atoms with Crippen LogP contribution in [0.4, 0.5) is 5.00 Å². The Hall–Kier alpha value is -2.34. The van der Waals surface area contributed by atoms with Crippen molar-refractivity contribution in [3.63, 3.8) is 0 Å². The summed E-state index contributed by atoms with van der Waals surface area (Å²) in [4.78, 5) is 26.8. The first kappa shape index (κ1) is 23.3. The minimum Gasteiger partial charge on any atom is -0.481 e. The quantitative estimate of drug-likeness (QED) is 0.551. The van der Waals surface area contributed by atoms with Crippen LogP contribution in [0.25, 0.3) is 0 Å². The molecule has 5 nitrogen and oxygen atoms in total. The number of esters is 1. The van der Waals surface area contributed by atoms with Gasteiger partial charge in [0.15, 0.2) is 6.10 Å². The number of ether oxygens (including phenoxy) is 2. The first-order valence-electron chi connectivity index (χ1n) is 11.0. The van der Waals surface area contributed by atoms with E-state index in [2.05, 4.69) is 33.0 Å². The summed E-state index contributed by atoms with van der Waals surface area (Å²) in [6.07, 6.45) is 2.35. The Morgan fingerprint density at radius 2 is 1.90 bits per heavy atom. The number of thiophene rings is 1. The largest absolute Gasteiger partial charge is 0.481 e. The van der Waals surface area contributed by atoms with Crippen molar-refractivity contribution in [2.24, 2.45) is 0 Å². The lowest BCUT2D eigenvalue weighted by atomic mass is 9.86. The number of hydrogen-bond acceptors (Lipinski definition) is 5. The molecule has 1 amide bonds. The zero-order valence-corrected chi connectivity index (χ0v) is 20.2. The molecule has 1 aliphatic carbocycles. The maximum atomic E-state index is 12.9. The number of carbonyl (C=O) groups excluding carboxylic acids is 2. The van der Waals surface area contributed by atoms with Gasteiger partial charge in [0.1, 0.15) is 10.8 Å². The highest BCUT2D eigenvalue weighted by molar-refractivity contribution is 7.17. The summed E-state index contributed by atoms with van der Waals surface area (Å²) in [5.74, 6) is 0.271. The van der Waals surface area contributed by atoms with Crippen LogP contribution in [0.2, 0.25) is 0 Å². The Morgan fingerprint density at radius 1 is 1.23 bits per heavy atom. The van der Waals surface area contributed by atoms with E-state index in [4.69, 9.17) is 9.47 Å². The van der Waals surface area contributed by atoms with Gasteiger partial charge in [-0.3, -0.25) is 4.79 Å². The van der Waals surface area contributed by atoms with Gasteiger partial charge in [0.25, 0.3) is 5.91 Å². The summed E-state index contributed by atoms with van der Waals surface area (Å²) in [5.41, 5.74) is 2.82. The zero-order chi connectivity index (χ0) is 22.8. The maximum Gasteiger partial charge on any atom is 0.341 e. The molecule has 6 heteroatoms. The second kappa shape index (κ2) is 9.43. The highest BCUT2D eigenvalue weighted by Crippen LogP contribution is 2.43. The van der Waals surface area contributed by atoms with E-state index in [1.54, 1.807) is 13.8 Å². The van der Waals surface area contributed by atoms with Crippen LogP contribution in [0.5, 0.6) is 5.75 Å². The van der Waals surface area contributed by atoms with Gasteiger partial charge < -0.3 is 14.8 Å². The van der Waals surface area contributed by atoms with Crippen LogP contribution >= 0.6 is 11.3 Å². The smallest absolute Gasteiger partial charge is 0.341 e.